The van der Waals surface area contributed by atoms with E-state index in [4.69, 9.17) is 4.74 Å². The van der Waals surface area contributed by atoms with E-state index >= 15 is 0 Å². The van der Waals surface area contributed by atoms with E-state index in [-0.39, 0.29) is 35.3 Å². The molecule has 11 nitrogen and oxygen atoms in total. The molecule has 1 aromatic rings. The summed E-state index contributed by atoms with van der Waals surface area (Å²) in [5.74, 6) is -0.336. The van der Waals surface area contributed by atoms with Gasteiger partial charge in [-0.05, 0) is 74.6 Å². The molecule has 2 aliphatic rings. The summed E-state index contributed by atoms with van der Waals surface area (Å²) in [5.41, 5.74) is 2.36. The van der Waals surface area contributed by atoms with E-state index in [0.717, 1.165) is 24.0 Å². The fraction of sp³-hybridized carbons (Fsp3) is 0.538. The number of nitrogens with zero attached hydrogens (tertiary/aromatic N) is 1. The van der Waals surface area contributed by atoms with E-state index in [0.29, 0.717) is 44.4 Å². The van der Waals surface area contributed by atoms with Crippen molar-refractivity contribution in [2.45, 2.75) is 70.2 Å². The lowest BCUT2D eigenvalue weighted by molar-refractivity contribution is -0.142. The predicted octanol–water partition coefficient (Wildman–Crippen LogP) is 2.62. The van der Waals surface area contributed by atoms with Gasteiger partial charge in [0.15, 0.2) is 0 Å². The van der Waals surface area contributed by atoms with Crippen molar-refractivity contribution in [1.29, 1.82) is 0 Å². The third kappa shape index (κ3) is 7.80. The molecule has 0 bridgehead atoms. The molecule has 12 heteroatoms. The van der Waals surface area contributed by atoms with Crippen molar-refractivity contribution in [3.8, 4) is 0 Å². The molecular formula is C26H36N4O7S. The number of benzene rings is 1. The van der Waals surface area contributed by atoms with Crippen molar-refractivity contribution in [2.24, 2.45) is 5.92 Å². The second kappa shape index (κ2) is 12.9. The number of sulfonamides is 1. The van der Waals surface area contributed by atoms with E-state index in [2.05, 4.69) is 15.4 Å². The maximum absolute atomic E-state index is 12.6. The number of carbonyl (C=O) groups is 4. The number of hydrogen-bond donors (Lipinski definition) is 3. The third-order valence-electron chi connectivity index (χ3n) is 6.87. The van der Waals surface area contributed by atoms with Gasteiger partial charge in [0.25, 0.3) is 15.9 Å². The molecule has 3 N–H and O–H groups in total. The highest BCUT2D eigenvalue weighted by molar-refractivity contribution is 7.90. The van der Waals surface area contributed by atoms with Crippen molar-refractivity contribution in [1.82, 2.24) is 20.3 Å². The van der Waals surface area contributed by atoms with Gasteiger partial charge in [-0.1, -0.05) is 19.1 Å². The van der Waals surface area contributed by atoms with Crippen LogP contribution in [0, 0.1) is 5.92 Å². The first-order chi connectivity index (χ1) is 18.0. The lowest BCUT2D eigenvalue weighted by Gasteiger charge is -2.28. The summed E-state index contributed by atoms with van der Waals surface area (Å²) in [4.78, 5) is 49.1. The number of imide groups is 1. The Morgan fingerprint density at radius 3 is 2.32 bits per heavy atom. The summed E-state index contributed by atoms with van der Waals surface area (Å²) in [5, 5.41) is 5.43. The minimum Gasteiger partial charge on any atom is -0.466 e. The average Bonchev–Trinajstić information content (AvgIpc) is 3.16. The van der Waals surface area contributed by atoms with Crippen molar-refractivity contribution < 1.29 is 32.3 Å². The van der Waals surface area contributed by atoms with Crippen LogP contribution in [0.15, 0.2) is 40.3 Å². The first-order valence-electron chi connectivity index (χ1n) is 12.8. The molecule has 1 aliphatic carbocycles. The molecule has 0 atom stereocenters. The molecule has 38 heavy (non-hydrogen) atoms. The number of rotatable bonds is 9. The van der Waals surface area contributed by atoms with Crippen molar-refractivity contribution in [2.75, 3.05) is 19.7 Å². The van der Waals surface area contributed by atoms with Gasteiger partial charge in [-0.3, -0.25) is 14.5 Å². The van der Waals surface area contributed by atoms with Gasteiger partial charge >= 0.3 is 18.0 Å². The molecule has 1 aliphatic heterocycles. The monoisotopic (exact) mass is 548 g/mol. The number of carbonyl (C=O) groups excluding carboxylic acids is 4. The minimum atomic E-state index is -4.06. The Balaban J connectivity index is 1.42. The van der Waals surface area contributed by atoms with Gasteiger partial charge in [0, 0.05) is 25.1 Å². The number of amides is 5. The zero-order chi connectivity index (χ0) is 27.9. The summed E-state index contributed by atoms with van der Waals surface area (Å²) >= 11 is 0. The highest BCUT2D eigenvalue weighted by Crippen LogP contribution is 2.25. The number of esters is 1. The van der Waals surface area contributed by atoms with Crippen LogP contribution in [-0.4, -0.2) is 63.0 Å². The molecule has 1 heterocycles. The fourth-order valence-corrected chi connectivity index (χ4v) is 5.63. The predicted molar refractivity (Wildman–Crippen MR) is 139 cm³/mol. The highest BCUT2D eigenvalue weighted by atomic mass is 32.2. The first kappa shape index (κ1) is 29.2. The largest absolute Gasteiger partial charge is 0.466 e. The van der Waals surface area contributed by atoms with E-state index < -0.39 is 22.1 Å². The molecule has 208 valence electrons. The lowest BCUT2D eigenvalue weighted by Crippen LogP contribution is -2.45. The molecule has 0 radical (unpaired) electrons. The van der Waals surface area contributed by atoms with E-state index in [1.54, 1.807) is 12.1 Å². The van der Waals surface area contributed by atoms with E-state index in [9.17, 15) is 27.6 Å². The Morgan fingerprint density at radius 1 is 1.08 bits per heavy atom. The molecule has 0 saturated heterocycles. The maximum atomic E-state index is 12.6. The summed E-state index contributed by atoms with van der Waals surface area (Å²) in [6.07, 6.45) is 3.92. The number of ether oxygens (including phenoxy) is 1. The quantitative estimate of drug-likeness (QED) is 0.401. The second-order valence-corrected chi connectivity index (χ2v) is 11.4. The summed E-state index contributed by atoms with van der Waals surface area (Å²) < 4.78 is 32.4. The lowest BCUT2D eigenvalue weighted by atomic mass is 9.86. The second-order valence-electron chi connectivity index (χ2n) is 9.73. The Morgan fingerprint density at radius 2 is 1.74 bits per heavy atom. The molecule has 1 saturated carbocycles. The molecule has 0 spiro atoms. The Labute approximate surface area is 223 Å². The fourth-order valence-electron chi connectivity index (χ4n) is 4.72. The zero-order valence-electron chi connectivity index (χ0n) is 22.0. The Bertz CT molecular complexity index is 1190. The number of hydrogen-bond acceptors (Lipinski definition) is 7. The highest BCUT2D eigenvalue weighted by Gasteiger charge is 2.31. The summed E-state index contributed by atoms with van der Waals surface area (Å²) in [6, 6.07) is 4.64. The van der Waals surface area contributed by atoms with Crippen LogP contribution >= 0.6 is 0 Å². The van der Waals surface area contributed by atoms with Gasteiger partial charge < -0.3 is 15.4 Å². The maximum Gasteiger partial charge on any atom is 0.328 e. The SMILES string of the molecule is CCC1=C(C)CN(C(=O)NCCc2ccc(S(=O)(=O)NC(=O)NC3CCC(COC(C)=O)CC3)cc2)C1=O. The molecule has 0 aromatic heterocycles. The standard InChI is InChI=1S/C26H36N4O7S/c1-4-23-17(2)15-30(24(23)32)26(34)27-14-13-19-7-11-22(12-8-19)38(35,36)29-25(33)28-21-9-5-20(6-10-21)16-37-18(3)31/h7-8,11-12,20-21H,4-6,9-10,13-16H2,1-3H3,(H,27,34)(H2,28,29,33). The zero-order valence-corrected chi connectivity index (χ0v) is 22.9. The van der Waals surface area contributed by atoms with E-state index in [1.807, 2.05) is 13.8 Å². The normalized spacial score (nSPS) is 19.8. The smallest absolute Gasteiger partial charge is 0.328 e. The molecule has 1 fully saturated rings. The molecular weight excluding hydrogens is 512 g/mol. The first-order valence-corrected chi connectivity index (χ1v) is 14.3. The van der Waals surface area contributed by atoms with Crippen LogP contribution in [0.2, 0.25) is 0 Å². The Kier molecular flexibility index (Phi) is 9.90. The third-order valence-corrected chi connectivity index (χ3v) is 8.21. The van der Waals surface area contributed by atoms with Crippen LogP contribution < -0.4 is 15.4 Å². The Hall–Kier alpha value is -3.41. The molecule has 0 unspecified atom stereocenters. The van der Waals surface area contributed by atoms with Crippen molar-refractivity contribution in [3.05, 3.63) is 41.0 Å². The van der Waals surface area contributed by atoms with Crippen LogP contribution in [0.1, 0.15) is 58.4 Å². The molecule has 1 aromatic carbocycles. The topological polar surface area (TPSA) is 151 Å². The van der Waals surface area contributed by atoms with Gasteiger partial charge in [0.05, 0.1) is 18.0 Å². The number of urea groups is 2. The van der Waals surface area contributed by atoms with E-state index in [1.165, 1.54) is 24.0 Å². The van der Waals surface area contributed by atoms with Crippen LogP contribution in [0.4, 0.5) is 9.59 Å². The van der Waals surface area contributed by atoms with Gasteiger partial charge in [0.2, 0.25) is 0 Å². The number of nitrogens with one attached hydrogen (secondary N) is 3. The molecule has 3 rings (SSSR count). The van der Waals surface area contributed by atoms with Crippen LogP contribution in [0.3, 0.4) is 0 Å². The van der Waals surface area contributed by atoms with Crippen LogP contribution in [0.25, 0.3) is 0 Å². The van der Waals surface area contributed by atoms with Crippen molar-refractivity contribution >= 4 is 34.0 Å². The minimum absolute atomic E-state index is 0.0539. The molecule has 5 amide bonds. The van der Waals surface area contributed by atoms with Crippen LogP contribution in [0.5, 0.6) is 0 Å². The summed E-state index contributed by atoms with van der Waals surface area (Å²) in [7, 11) is -4.06. The van der Waals surface area contributed by atoms with Gasteiger partial charge in [-0.15, -0.1) is 0 Å². The average molecular weight is 549 g/mol. The van der Waals surface area contributed by atoms with Gasteiger partial charge in [0.1, 0.15) is 0 Å². The van der Waals surface area contributed by atoms with Crippen LogP contribution in [-0.2, 0) is 30.8 Å². The van der Waals surface area contributed by atoms with Gasteiger partial charge in [-0.2, -0.15) is 0 Å². The summed E-state index contributed by atoms with van der Waals surface area (Å²) in [6.45, 7) is 6.02. The van der Waals surface area contributed by atoms with Crippen molar-refractivity contribution in [3.63, 3.8) is 0 Å². The van der Waals surface area contributed by atoms with Gasteiger partial charge in [-0.25, -0.2) is 22.7 Å².